The van der Waals surface area contributed by atoms with Gasteiger partial charge in [0.15, 0.2) is 0 Å². The van der Waals surface area contributed by atoms with E-state index in [1.807, 2.05) is 6.07 Å². The average molecular weight is 260 g/mol. The fraction of sp³-hybridized carbons (Fsp3) is 0.562. The van der Waals surface area contributed by atoms with Crippen LogP contribution in [0.2, 0.25) is 0 Å². The van der Waals surface area contributed by atoms with Gasteiger partial charge in [0.05, 0.1) is 12.7 Å². The molecule has 3 heteroatoms. The van der Waals surface area contributed by atoms with Crippen LogP contribution in [0.5, 0.6) is 0 Å². The summed E-state index contributed by atoms with van der Waals surface area (Å²) >= 11 is 0. The number of benzene rings is 1. The number of hydrogen-bond acceptors (Lipinski definition) is 3. The summed E-state index contributed by atoms with van der Waals surface area (Å²) in [5, 5.41) is 3.64. The van der Waals surface area contributed by atoms with E-state index in [1.54, 1.807) is 7.11 Å². The molecule has 1 aliphatic rings. The first kappa shape index (κ1) is 13.9. The first-order valence-electron chi connectivity index (χ1n) is 7.26. The number of fused-ring (bicyclic) bond motifs is 1. The summed E-state index contributed by atoms with van der Waals surface area (Å²) in [5.41, 5.74) is 2.01. The van der Waals surface area contributed by atoms with Gasteiger partial charge in [-0.15, -0.1) is 0 Å². The summed E-state index contributed by atoms with van der Waals surface area (Å²) in [6.45, 7) is 4.43. The molecule has 0 bridgehead atoms. The van der Waals surface area contributed by atoms with E-state index in [4.69, 9.17) is 9.73 Å². The highest BCUT2D eigenvalue weighted by atomic mass is 16.5. The Morgan fingerprint density at radius 3 is 2.63 bits per heavy atom. The fourth-order valence-corrected chi connectivity index (χ4v) is 2.71. The van der Waals surface area contributed by atoms with Crippen molar-refractivity contribution in [2.24, 2.45) is 4.99 Å². The molecule has 1 heterocycles. The van der Waals surface area contributed by atoms with E-state index in [0.717, 1.165) is 36.4 Å². The lowest BCUT2D eigenvalue weighted by Gasteiger charge is -2.36. The molecule has 0 radical (unpaired) electrons. The lowest BCUT2D eigenvalue weighted by molar-refractivity contribution is 0.354. The van der Waals surface area contributed by atoms with Crippen LogP contribution >= 0.6 is 0 Å². The highest BCUT2D eigenvalue weighted by Gasteiger charge is 2.33. The van der Waals surface area contributed by atoms with Gasteiger partial charge in [0, 0.05) is 5.69 Å². The van der Waals surface area contributed by atoms with Gasteiger partial charge in [0.25, 0.3) is 0 Å². The topological polar surface area (TPSA) is 33.6 Å². The van der Waals surface area contributed by atoms with Crippen LogP contribution < -0.4 is 5.32 Å². The molecule has 1 N–H and O–H groups in total. The molecule has 0 spiro atoms. The maximum Gasteiger partial charge on any atom is 0.220 e. The molecule has 1 unspecified atom stereocenters. The molecule has 0 amide bonds. The third kappa shape index (κ3) is 2.91. The number of anilines is 1. The van der Waals surface area contributed by atoms with Gasteiger partial charge in [-0.2, -0.15) is 0 Å². The maximum absolute atomic E-state index is 5.51. The molecule has 1 atom stereocenters. The molecule has 0 aliphatic carbocycles. The first-order valence-corrected chi connectivity index (χ1v) is 7.26. The molecule has 0 fully saturated rings. The number of ether oxygens (including phenoxy) is 1. The van der Waals surface area contributed by atoms with E-state index in [-0.39, 0.29) is 5.66 Å². The van der Waals surface area contributed by atoms with Crippen molar-refractivity contribution in [2.75, 3.05) is 12.4 Å². The second-order valence-corrected chi connectivity index (χ2v) is 5.18. The van der Waals surface area contributed by atoms with Crippen molar-refractivity contribution < 1.29 is 4.74 Å². The molecule has 3 nitrogen and oxygen atoms in total. The van der Waals surface area contributed by atoms with Gasteiger partial charge in [-0.05, 0) is 31.4 Å². The predicted molar refractivity (Wildman–Crippen MR) is 80.8 cm³/mol. The van der Waals surface area contributed by atoms with Crippen LogP contribution in [0, 0.1) is 0 Å². The maximum atomic E-state index is 5.51. The Labute approximate surface area is 116 Å². The van der Waals surface area contributed by atoms with E-state index in [0.29, 0.717) is 0 Å². The van der Waals surface area contributed by atoms with Crippen molar-refractivity contribution in [3.05, 3.63) is 29.8 Å². The second-order valence-electron chi connectivity index (χ2n) is 5.18. The van der Waals surface area contributed by atoms with Crippen molar-refractivity contribution in [2.45, 2.75) is 51.6 Å². The van der Waals surface area contributed by atoms with Crippen LogP contribution in [0.3, 0.4) is 0 Å². The van der Waals surface area contributed by atoms with Gasteiger partial charge >= 0.3 is 0 Å². The Morgan fingerprint density at radius 1 is 1.16 bits per heavy atom. The molecular formula is C16H24N2O. The monoisotopic (exact) mass is 260 g/mol. The van der Waals surface area contributed by atoms with Crippen LogP contribution in [0.1, 0.15) is 51.5 Å². The van der Waals surface area contributed by atoms with Crippen molar-refractivity contribution in [3.8, 4) is 0 Å². The van der Waals surface area contributed by atoms with Crippen molar-refractivity contribution in [1.29, 1.82) is 0 Å². The molecule has 1 aromatic carbocycles. The predicted octanol–water partition coefficient (Wildman–Crippen LogP) is 4.19. The number of methoxy groups -OCH3 is 1. The average Bonchev–Trinajstić information content (AvgIpc) is 2.44. The lowest BCUT2D eigenvalue weighted by atomic mass is 9.94. The number of unbranched alkanes of at least 4 members (excludes halogenated alkanes) is 1. The molecular weight excluding hydrogens is 236 g/mol. The molecule has 0 aromatic heterocycles. The van der Waals surface area contributed by atoms with E-state index in [9.17, 15) is 0 Å². The zero-order valence-electron chi connectivity index (χ0n) is 12.2. The molecule has 104 valence electrons. The molecule has 19 heavy (non-hydrogen) atoms. The quantitative estimate of drug-likeness (QED) is 0.861. The Kier molecular flexibility index (Phi) is 4.46. The smallest absolute Gasteiger partial charge is 0.220 e. The molecule has 0 saturated carbocycles. The van der Waals surface area contributed by atoms with E-state index >= 15 is 0 Å². The molecule has 0 saturated heterocycles. The Morgan fingerprint density at radius 2 is 1.95 bits per heavy atom. The third-order valence-corrected chi connectivity index (χ3v) is 3.64. The fourth-order valence-electron chi connectivity index (χ4n) is 2.71. The summed E-state index contributed by atoms with van der Waals surface area (Å²) in [6, 6.07) is 8.24. The van der Waals surface area contributed by atoms with Crippen LogP contribution in [-0.4, -0.2) is 18.7 Å². The zero-order chi connectivity index (χ0) is 13.7. The van der Waals surface area contributed by atoms with Crippen LogP contribution in [-0.2, 0) is 4.74 Å². The number of nitrogens with zero attached hydrogens (tertiary/aromatic N) is 1. The molecule has 1 aliphatic heterocycles. The van der Waals surface area contributed by atoms with Gasteiger partial charge in [-0.1, -0.05) is 38.8 Å². The van der Waals surface area contributed by atoms with E-state index in [1.165, 1.54) is 12.8 Å². The summed E-state index contributed by atoms with van der Waals surface area (Å²) in [4.78, 5) is 4.88. The zero-order valence-corrected chi connectivity index (χ0v) is 12.2. The molecule has 1 aromatic rings. The van der Waals surface area contributed by atoms with Gasteiger partial charge in [-0.25, -0.2) is 4.99 Å². The standard InChI is InChI=1S/C16H24N2O/c1-4-6-12-16(11-5-2)17-14-10-8-7-9-13(14)15(18-16)19-3/h7-10,17H,4-6,11-12H2,1-3H3. The molecule has 2 rings (SSSR count). The number of nitrogens with one attached hydrogen (secondary N) is 1. The summed E-state index contributed by atoms with van der Waals surface area (Å²) in [5.74, 6) is 0.763. The van der Waals surface area contributed by atoms with Crippen LogP contribution in [0.25, 0.3) is 0 Å². The largest absolute Gasteiger partial charge is 0.481 e. The number of para-hydroxylation sites is 1. The summed E-state index contributed by atoms with van der Waals surface area (Å²) in [6.07, 6.45) is 5.56. The minimum atomic E-state index is -0.190. The van der Waals surface area contributed by atoms with Gasteiger partial charge in [-0.3, -0.25) is 0 Å². The van der Waals surface area contributed by atoms with Crippen molar-refractivity contribution in [3.63, 3.8) is 0 Å². The third-order valence-electron chi connectivity index (χ3n) is 3.64. The van der Waals surface area contributed by atoms with Gasteiger partial charge < -0.3 is 10.1 Å². The Balaban J connectivity index is 2.37. The second kappa shape index (κ2) is 6.09. The van der Waals surface area contributed by atoms with Crippen LogP contribution in [0.15, 0.2) is 29.3 Å². The van der Waals surface area contributed by atoms with Crippen LogP contribution in [0.4, 0.5) is 5.69 Å². The number of aliphatic imine (C=N–C) groups is 1. The number of hydrogen-bond donors (Lipinski definition) is 1. The van der Waals surface area contributed by atoms with E-state index < -0.39 is 0 Å². The highest BCUT2D eigenvalue weighted by Crippen LogP contribution is 2.34. The summed E-state index contributed by atoms with van der Waals surface area (Å²) < 4.78 is 5.51. The highest BCUT2D eigenvalue weighted by molar-refractivity contribution is 6.01. The van der Waals surface area contributed by atoms with E-state index in [2.05, 4.69) is 37.4 Å². The SMILES string of the molecule is CCCCC1(CCC)N=C(OC)c2ccccc2N1. The van der Waals surface area contributed by atoms with Crippen molar-refractivity contribution >= 4 is 11.6 Å². The van der Waals surface area contributed by atoms with Crippen molar-refractivity contribution in [1.82, 2.24) is 0 Å². The first-order chi connectivity index (χ1) is 9.24. The minimum Gasteiger partial charge on any atom is -0.481 e. The lowest BCUT2D eigenvalue weighted by Crippen LogP contribution is -2.41. The number of rotatable bonds is 5. The Bertz CT molecular complexity index is 456. The normalized spacial score (nSPS) is 21.3. The minimum absolute atomic E-state index is 0.190. The van der Waals surface area contributed by atoms with Gasteiger partial charge in [0.2, 0.25) is 5.90 Å². The van der Waals surface area contributed by atoms with Gasteiger partial charge in [0.1, 0.15) is 5.66 Å². The summed E-state index contributed by atoms with van der Waals surface area (Å²) in [7, 11) is 1.71. The Hall–Kier alpha value is -1.51.